The van der Waals surface area contributed by atoms with Crippen molar-refractivity contribution in [1.82, 2.24) is 9.62 Å². The maximum atomic E-state index is 14.3. The van der Waals surface area contributed by atoms with Crippen molar-refractivity contribution in [3.05, 3.63) is 0 Å². The van der Waals surface area contributed by atoms with Crippen LogP contribution in [0.1, 0.15) is 77.0 Å². The molecule has 0 bridgehead atoms. The molecule has 180 valence electrons. The Morgan fingerprint density at radius 1 is 0.968 bits per heavy atom. The maximum Gasteiger partial charge on any atom is 0.235 e. The van der Waals surface area contributed by atoms with E-state index in [1.165, 1.54) is 4.31 Å². The van der Waals surface area contributed by atoms with Gasteiger partial charge in [0, 0.05) is 14.2 Å². The number of hydrogen-bond donors (Lipinski definition) is 1. The summed E-state index contributed by atoms with van der Waals surface area (Å²) in [5.41, 5.74) is 0. The van der Waals surface area contributed by atoms with E-state index in [4.69, 9.17) is 9.47 Å². The van der Waals surface area contributed by atoms with Gasteiger partial charge in [-0.15, -0.1) is 0 Å². The van der Waals surface area contributed by atoms with Gasteiger partial charge in [0.05, 0.1) is 36.1 Å². The van der Waals surface area contributed by atoms with Gasteiger partial charge in [0.1, 0.15) is 6.17 Å². The molecule has 3 saturated carbocycles. The van der Waals surface area contributed by atoms with Crippen LogP contribution < -0.4 is 5.32 Å². The Bertz CT molecular complexity index is 685. The number of halogens is 1. The van der Waals surface area contributed by atoms with Crippen LogP contribution in [0.4, 0.5) is 4.39 Å². The highest BCUT2D eigenvalue weighted by Crippen LogP contribution is 2.33. The summed E-state index contributed by atoms with van der Waals surface area (Å²) in [7, 11) is -0.484. The molecule has 7 nitrogen and oxygen atoms in total. The lowest BCUT2D eigenvalue weighted by Gasteiger charge is -2.42. The lowest BCUT2D eigenvalue weighted by molar-refractivity contribution is -0.124. The van der Waals surface area contributed by atoms with Crippen LogP contribution in [0.5, 0.6) is 0 Å². The first kappa shape index (κ1) is 24.9. The number of rotatable bonds is 8. The molecular weight excluding hydrogens is 423 g/mol. The Kier molecular flexibility index (Phi) is 9.13. The second-order valence-corrected chi connectivity index (χ2v) is 11.5. The number of methoxy groups -OCH3 is 2. The minimum absolute atomic E-state index is 0.0721. The van der Waals surface area contributed by atoms with Crippen LogP contribution in [0.25, 0.3) is 0 Å². The number of sulfonamides is 1. The van der Waals surface area contributed by atoms with Gasteiger partial charge in [0.2, 0.25) is 15.9 Å². The van der Waals surface area contributed by atoms with E-state index in [1.54, 1.807) is 14.2 Å². The Morgan fingerprint density at radius 3 is 2.29 bits per heavy atom. The lowest BCUT2D eigenvalue weighted by Crippen LogP contribution is -2.57. The third-order valence-electron chi connectivity index (χ3n) is 7.34. The molecule has 0 radical (unpaired) electrons. The van der Waals surface area contributed by atoms with Gasteiger partial charge in [-0.1, -0.05) is 32.1 Å². The number of nitrogens with zero attached hydrogens (tertiary/aromatic N) is 1. The fourth-order valence-electron chi connectivity index (χ4n) is 5.47. The molecule has 1 N–H and O–H groups in total. The minimum atomic E-state index is -3.70. The van der Waals surface area contributed by atoms with E-state index in [0.717, 1.165) is 38.5 Å². The molecular formula is C22H39FN2O5S. The summed E-state index contributed by atoms with van der Waals surface area (Å²) in [6.07, 6.45) is 7.31. The van der Waals surface area contributed by atoms with Crippen molar-refractivity contribution in [1.29, 1.82) is 0 Å². The Labute approximate surface area is 186 Å². The van der Waals surface area contributed by atoms with E-state index in [1.807, 2.05) is 0 Å². The van der Waals surface area contributed by atoms with Gasteiger partial charge in [0.15, 0.2) is 0 Å². The molecule has 5 unspecified atom stereocenters. The number of carbonyl (C=O) groups excluding carboxylic acids is 1. The first-order valence-electron chi connectivity index (χ1n) is 11.9. The summed E-state index contributed by atoms with van der Waals surface area (Å²) in [6.45, 7) is -0.289. The molecule has 3 fully saturated rings. The average Bonchev–Trinajstić information content (AvgIpc) is 2.79. The molecule has 0 aliphatic heterocycles. The van der Waals surface area contributed by atoms with Gasteiger partial charge >= 0.3 is 0 Å². The van der Waals surface area contributed by atoms with Crippen LogP contribution in [0.3, 0.4) is 0 Å². The highest BCUT2D eigenvalue weighted by atomic mass is 32.2. The fraction of sp³-hybridized carbons (Fsp3) is 0.955. The third kappa shape index (κ3) is 6.18. The second-order valence-electron chi connectivity index (χ2n) is 9.34. The normalized spacial score (nSPS) is 33.4. The highest BCUT2D eigenvalue weighted by molar-refractivity contribution is 7.89. The van der Waals surface area contributed by atoms with Crippen molar-refractivity contribution in [2.45, 2.75) is 113 Å². The minimum Gasteiger partial charge on any atom is -0.381 e. The predicted molar refractivity (Wildman–Crippen MR) is 117 cm³/mol. The van der Waals surface area contributed by atoms with Crippen LogP contribution in [-0.2, 0) is 24.3 Å². The standard InChI is InChI=1S/C22H39FN2O5S/c1-29-16-12-13-21(30-2)20(14-16)25(31(27,28)17-8-4-3-5-9-17)15-22(26)24-19-11-7-6-10-18(19)23/h16-21H,3-15H2,1-2H3,(H,24,26). The lowest BCUT2D eigenvalue weighted by atomic mass is 9.90. The van der Waals surface area contributed by atoms with Crippen molar-refractivity contribution in [3.63, 3.8) is 0 Å². The van der Waals surface area contributed by atoms with Crippen molar-refractivity contribution >= 4 is 15.9 Å². The molecule has 0 heterocycles. The molecule has 31 heavy (non-hydrogen) atoms. The van der Waals surface area contributed by atoms with Gasteiger partial charge < -0.3 is 14.8 Å². The quantitative estimate of drug-likeness (QED) is 0.600. The Balaban J connectivity index is 1.81. The van der Waals surface area contributed by atoms with Crippen molar-refractivity contribution < 1.29 is 27.1 Å². The average molecular weight is 463 g/mol. The van der Waals surface area contributed by atoms with Gasteiger partial charge in [-0.05, 0) is 44.9 Å². The molecule has 0 aromatic heterocycles. The first-order chi connectivity index (χ1) is 14.9. The number of amides is 1. The van der Waals surface area contributed by atoms with E-state index in [-0.39, 0.29) is 18.8 Å². The number of hydrogen-bond acceptors (Lipinski definition) is 5. The summed E-state index contributed by atoms with van der Waals surface area (Å²) < 4.78 is 54.2. The second kappa shape index (κ2) is 11.4. The Hall–Kier alpha value is -0.770. The maximum absolute atomic E-state index is 14.3. The largest absolute Gasteiger partial charge is 0.381 e. The van der Waals surface area contributed by atoms with Crippen molar-refractivity contribution in [3.8, 4) is 0 Å². The summed E-state index contributed by atoms with van der Waals surface area (Å²) in [5, 5.41) is 2.31. The Morgan fingerprint density at radius 2 is 1.65 bits per heavy atom. The van der Waals surface area contributed by atoms with Crippen LogP contribution in [0.2, 0.25) is 0 Å². The monoisotopic (exact) mass is 462 g/mol. The highest BCUT2D eigenvalue weighted by Gasteiger charge is 2.44. The van der Waals surface area contributed by atoms with E-state index >= 15 is 0 Å². The zero-order valence-corrected chi connectivity index (χ0v) is 19.7. The first-order valence-corrected chi connectivity index (χ1v) is 13.4. The number of alkyl halides is 1. The van der Waals surface area contributed by atoms with Crippen LogP contribution >= 0.6 is 0 Å². The van der Waals surface area contributed by atoms with E-state index < -0.39 is 39.4 Å². The zero-order chi connectivity index (χ0) is 22.4. The molecule has 0 aromatic rings. The molecule has 0 spiro atoms. The van der Waals surface area contributed by atoms with Crippen LogP contribution in [0, 0.1) is 0 Å². The molecule has 9 heteroatoms. The molecule has 0 aromatic carbocycles. The van der Waals surface area contributed by atoms with E-state index in [2.05, 4.69) is 5.32 Å². The third-order valence-corrected chi connectivity index (χ3v) is 9.71. The van der Waals surface area contributed by atoms with Crippen molar-refractivity contribution in [2.75, 3.05) is 20.8 Å². The topological polar surface area (TPSA) is 84.9 Å². The zero-order valence-electron chi connectivity index (χ0n) is 18.9. The summed E-state index contributed by atoms with van der Waals surface area (Å²) in [6, 6.07) is -0.995. The number of ether oxygens (including phenoxy) is 2. The van der Waals surface area contributed by atoms with E-state index in [9.17, 15) is 17.6 Å². The molecule has 1 amide bonds. The predicted octanol–water partition coefficient (Wildman–Crippen LogP) is 2.93. The summed E-state index contributed by atoms with van der Waals surface area (Å²) >= 11 is 0. The summed E-state index contributed by atoms with van der Waals surface area (Å²) in [5.74, 6) is -0.427. The summed E-state index contributed by atoms with van der Waals surface area (Å²) in [4.78, 5) is 12.9. The van der Waals surface area contributed by atoms with Gasteiger partial charge in [0.25, 0.3) is 0 Å². The van der Waals surface area contributed by atoms with Crippen molar-refractivity contribution in [2.24, 2.45) is 0 Å². The smallest absolute Gasteiger partial charge is 0.235 e. The molecule has 5 atom stereocenters. The SMILES string of the molecule is COC1CCC(OC)C(N(CC(=O)NC2CCCCC2F)S(=O)(=O)C2CCCCC2)C1. The molecule has 3 aliphatic rings. The van der Waals surface area contributed by atoms with Gasteiger partial charge in [-0.2, -0.15) is 4.31 Å². The molecule has 3 aliphatic carbocycles. The van der Waals surface area contributed by atoms with Crippen LogP contribution in [0.15, 0.2) is 0 Å². The fourth-order valence-corrected chi connectivity index (χ4v) is 7.67. The van der Waals surface area contributed by atoms with Gasteiger partial charge in [-0.25, -0.2) is 12.8 Å². The number of nitrogens with one attached hydrogen (secondary N) is 1. The van der Waals surface area contributed by atoms with Gasteiger partial charge in [-0.3, -0.25) is 4.79 Å². The van der Waals surface area contributed by atoms with E-state index in [0.29, 0.717) is 38.5 Å². The van der Waals surface area contributed by atoms with Crippen LogP contribution in [-0.4, -0.2) is 75.1 Å². The molecule has 3 rings (SSSR count). The number of carbonyl (C=O) groups is 1. The molecule has 0 saturated heterocycles.